The van der Waals surface area contributed by atoms with Gasteiger partial charge in [-0.1, -0.05) is 12.1 Å². The molecule has 0 aliphatic carbocycles. The standard InChI is InChI=1S/C12H12N2OS/c1-8-3-4-9(2)10(5-8)14-12(15)11-6-13-7-16-11/h3-7H,1-2H3,(H,14,15). The number of nitrogens with zero attached hydrogens (tertiary/aromatic N) is 1. The molecule has 0 aliphatic rings. The van der Waals surface area contributed by atoms with Gasteiger partial charge in [0.15, 0.2) is 0 Å². The lowest BCUT2D eigenvalue weighted by molar-refractivity contribution is 0.103. The van der Waals surface area contributed by atoms with Crippen LogP contribution in [-0.2, 0) is 0 Å². The van der Waals surface area contributed by atoms with E-state index in [4.69, 9.17) is 0 Å². The minimum Gasteiger partial charge on any atom is -0.321 e. The van der Waals surface area contributed by atoms with Crippen molar-refractivity contribution >= 4 is 22.9 Å². The predicted molar refractivity (Wildman–Crippen MR) is 66.0 cm³/mol. The summed E-state index contributed by atoms with van der Waals surface area (Å²) in [7, 11) is 0. The van der Waals surface area contributed by atoms with Crippen LogP contribution in [0.5, 0.6) is 0 Å². The molecule has 4 heteroatoms. The van der Waals surface area contributed by atoms with Gasteiger partial charge in [-0.05, 0) is 31.0 Å². The van der Waals surface area contributed by atoms with E-state index in [9.17, 15) is 4.79 Å². The first-order valence-corrected chi connectivity index (χ1v) is 5.82. The van der Waals surface area contributed by atoms with Gasteiger partial charge in [-0.25, -0.2) is 0 Å². The highest BCUT2D eigenvalue weighted by Gasteiger charge is 2.08. The van der Waals surface area contributed by atoms with Crippen LogP contribution in [0.25, 0.3) is 0 Å². The second-order valence-electron chi connectivity index (χ2n) is 3.64. The van der Waals surface area contributed by atoms with Crippen LogP contribution in [0.3, 0.4) is 0 Å². The summed E-state index contributed by atoms with van der Waals surface area (Å²) < 4.78 is 0. The predicted octanol–water partition coefficient (Wildman–Crippen LogP) is 3.01. The van der Waals surface area contributed by atoms with Gasteiger partial charge in [-0.3, -0.25) is 9.78 Å². The molecule has 0 saturated heterocycles. The first-order valence-electron chi connectivity index (χ1n) is 4.94. The fourth-order valence-electron chi connectivity index (χ4n) is 1.38. The lowest BCUT2D eigenvalue weighted by Crippen LogP contribution is -2.11. The number of amides is 1. The minimum absolute atomic E-state index is 0.101. The van der Waals surface area contributed by atoms with Crippen LogP contribution >= 0.6 is 11.3 Å². The normalized spacial score (nSPS) is 10.1. The minimum atomic E-state index is -0.101. The van der Waals surface area contributed by atoms with Gasteiger partial charge in [0.05, 0.1) is 11.7 Å². The van der Waals surface area contributed by atoms with Gasteiger partial charge in [0, 0.05) is 5.69 Å². The Morgan fingerprint density at radius 3 is 2.88 bits per heavy atom. The Morgan fingerprint density at radius 2 is 2.19 bits per heavy atom. The van der Waals surface area contributed by atoms with Crippen molar-refractivity contribution in [2.75, 3.05) is 5.32 Å². The van der Waals surface area contributed by atoms with E-state index in [1.807, 2.05) is 32.0 Å². The highest BCUT2D eigenvalue weighted by molar-refractivity contribution is 7.11. The molecule has 16 heavy (non-hydrogen) atoms. The lowest BCUT2D eigenvalue weighted by atomic mass is 10.1. The third-order valence-electron chi connectivity index (χ3n) is 2.30. The fourth-order valence-corrected chi connectivity index (χ4v) is 1.90. The van der Waals surface area contributed by atoms with Gasteiger partial charge >= 0.3 is 0 Å². The molecule has 0 fully saturated rings. The molecule has 2 aromatic rings. The van der Waals surface area contributed by atoms with Gasteiger partial charge in [-0.15, -0.1) is 11.3 Å². The third-order valence-corrected chi connectivity index (χ3v) is 3.07. The molecule has 0 aliphatic heterocycles. The summed E-state index contributed by atoms with van der Waals surface area (Å²) in [5.41, 5.74) is 4.70. The zero-order chi connectivity index (χ0) is 11.5. The molecule has 0 unspecified atom stereocenters. The fraction of sp³-hybridized carbons (Fsp3) is 0.167. The largest absolute Gasteiger partial charge is 0.321 e. The van der Waals surface area contributed by atoms with Crippen LogP contribution in [0.4, 0.5) is 5.69 Å². The van der Waals surface area contributed by atoms with Crippen molar-refractivity contribution in [1.29, 1.82) is 0 Å². The Kier molecular flexibility index (Phi) is 3.01. The third kappa shape index (κ3) is 2.28. The maximum Gasteiger partial charge on any atom is 0.267 e. The van der Waals surface area contributed by atoms with Gasteiger partial charge < -0.3 is 5.32 Å². The molecule has 0 saturated carbocycles. The second-order valence-corrected chi connectivity index (χ2v) is 4.52. The van der Waals surface area contributed by atoms with Crippen LogP contribution in [0.1, 0.15) is 20.8 Å². The molecule has 1 aromatic heterocycles. The molecule has 1 heterocycles. The number of rotatable bonds is 2. The Balaban J connectivity index is 2.21. The maximum absolute atomic E-state index is 11.8. The molecule has 1 N–H and O–H groups in total. The number of hydrogen-bond donors (Lipinski definition) is 1. The second kappa shape index (κ2) is 4.45. The zero-order valence-electron chi connectivity index (χ0n) is 9.15. The van der Waals surface area contributed by atoms with Crippen LogP contribution < -0.4 is 5.32 Å². The van der Waals surface area contributed by atoms with Crippen molar-refractivity contribution in [2.45, 2.75) is 13.8 Å². The number of aromatic nitrogens is 1. The summed E-state index contributed by atoms with van der Waals surface area (Å²) in [5, 5.41) is 2.88. The van der Waals surface area contributed by atoms with Gasteiger partial charge in [0.25, 0.3) is 5.91 Å². The van der Waals surface area contributed by atoms with Gasteiger partial charge in [0.2, 0.25) is 0 Å². The number of hydrogen-bond acceptors (Lipinski definition) is 3. The molecule has 0 radical (unpaired) electrons. The van der Waals surface area contributed by atoms with Crippen molar-refractivity contribution in [1.82, 2.24) is 4.98 Å². The number of carbonyl (C=O) groups excluding carboxylic acids is 1. The molecule has 0 spiro atoms. The van der Waals surface area contributed by atoms with E-state index in [1.165, 1.54) is 11.3 Å². The molecule has 2 rings (SSSR count). The number of anilines is 1. The molecular weight excluding hydrogens is 220 g/mol. The molecule has 0 bridgehead atoms. The quantitative estimate of drug-likeness (QED) is 0.864. The number of thiazole rings is 1. The Bertz CT molecular complexity index is 506. The molecule has 82 valence electrons. The van der Waals surface area contributed by atoms with E-state index in [1.54, 1.807) is 11.7 Å². The molecule has 1 amide bonds. The summed E-state index contributed by atoms with van der Waals surface area (Å²) in [6.07, 6.45) is 1.57. The summed E-state index contributed by atoms with van der Waals surface area (Å²) in [6, 6.07) is 5.99. The number of aryl methyl sites for hydroxylation is 2. The smallest absolute Gasteiger partial charge is 0.267 e. The van der Waals surface area contributed by atoms with Gasteiger partial charge in [0.1, 0.15) is 4.88 Å². The molecular formula is C12H12N2OS. The Hall–Kier alpha value is -1.68. The van der Waals surface area contributed by atoms with E-state index in [0.717, 1.165) is 16.8 Å². The molecule has 1 aromatic carbocycles. The summed E-state index contributed by atoms with van der Waals surface area (Å²) in [4.78, 5) is 16.3. The summed E-state index contributed by atoms with van der Waals surface area (Å²) in [5.74, 6) is -0.101. The van der Waals surface area contributed by atoms with Crippen LogP contribution in [0.15, 0.2) is 29.9 Å². The van der Waals surface area contributed by atoms with Crippen molar-refractivity contribution in [3.05, 3.63) is 45.9 Å². The monoisotopic (exact) mass is 232 g/mol. The number of benzene rings is 1. The summed E-state index contributed by atoms with van der Waals surface area (Å²) >= 11 is 1.34. The zero-order valence-corrected chi connectivity index (χ0v) is 9.97. The van der Waals surface area contributed by atoms with Crippen molar-refractivity contribution < 1.29 is 4.79 Å². The number of nitrogens with one attached hydrogen (secondary N) is 1. The SMILES string of the molecule is Cc1ccc(C)c(NC(=O)c2cncs2)c1. The van der Waals surface area contributed by atoms with E-state index in [-0.39, 0.29) is 5.91 Å². The average Bonchev–Trinajstić information content (AvgIpc) is 2.76. The van der Waals surface area contributed by atoms with E-state index < -0.39 is 0 Å². The van der Waals surface area contributed by atoms with E-state index in [2.05, 4.69) is 10.3 Å². The first kappa shape index (κ1) is 10.8. The van der Waals surface area contributed by atoms with Crippen LogP contribution in [0.2, 0.25) is 0 Å². The van der Waals surface area contributed by atoms with Crippen molar-refractivity contribution in [3.63, 3.8) is 0 Å². The van der Waals surface area contributed by atoms with E-state index in [0.29, 0.717) is 4.88 Å². The highest BCUT2D eigenvalue weighted by atomic mass is 32.1. The average molecular weight is 232 g/mol. The maximum atomic E-state index is 11.8. The van der Waals surface area contributed by atoms with Crippen LogP contribution in [-0.4, -0.2) is 10.9 Å². The highest BCUT2D eigenvalue weighted by Crippen LogP contribution is 2.18. The van der Waals surface area contributed by atoms with Gasteiger partial charge in [-0.2, -0.15) is 0 Å². The number of carbonyl (C=O) groups is 1. The topological polar surface area (TPSA) is 42.0 Å². The lowest BCUT2D eigenvalue weighted by Gasteiger charge is -2.07. The first-order chi connectivity index (χ1) is 7.66. The van der Waals surface area contributed by atoms with Crippen molar-refractivity contribution in [2.24, 2.45) is 0 Å². The van der Waals surface area contributed by atoms with Crippen molar-refractivity contribution in [3.8, 4) is 0 Å². The molecule has 0 atom stereocenters. The molecule has 3 nitrogen and oxygen atoms in total. The summed E-state index contributed by atoms with van der Waals surface area (Å²) in [6.45, 7) is 3.98. The Labute approximate surface area is 98.2 Å². The van der Waals surface area contributed by atoms with Crippen LogP contribution in [0, 0.1) is 13.8 Å². The Morgan fingerprint density at radius 1 is 1.38 bits per heavy atom. The van der Waals surface area contributed by atoms with E-state index >= 15 is 0 Å².